The first-order valence-corrected chi connectivity index (χ1v) is 6.84. The van der Waals surface area contributed by atoms with Gasteiger partial charge in [-0.25, -0.2) is 4.79 Å². The Morgan fingerprint density at radius 3 is 2.56 bits per heavy atom. The predicted octanol–water partition coefficient (Wildman–Crippen LogP) is 2.23. The molecule has 100 valence electrons. The number of carbonyl (C=O) groups is 2. The fourth-order valence-corrected chi connectivity index (χ4v) is 1.85. The van der Waals surface area contributed by atoms with Crippen molar-refractivity contribution in [3.05, 3.63) is 17.9 Å². The summed E-state index contributed by atoms with van der Waals surface area (Å²) in [6.45, 7) is 3.81. The number of amides is 1. The van der Waals surface area contributed by atoms with Crippen molar-refractivity contribution in [3.8, 4) is 0 Å². The van der Waals surface area contributed by atoms with E-state index >= 15 is 0 Å². The van der Waals surface area contributed by atoms with Gasteiger partial charge in [-0.15, -0.1) is 0 Å². The molecule has 1 atom stereocenters. The van der Waals surface area contributed by atoms with Gasteiger partial charge in [0, 0.05) is 0 Å². The second-order valence-corrected chi connectivity index (χ2v) is 5.13. The zero-order chi connectivity index (χ0) is 13.7. The van der Waals surface area contributed by atoms with Crippen LogP contribution in [0.3, 0.4) is 0 Å². The highest BCUT2D eigenvalue weighted by molar-refractivity contribution is 7.98. The summed E-state index contributed by atoms with van der Waals surface area (Å²) >= 11 is 1.38. The lowest BCUT2D eigenvalue weighted by atomic mass is 10.0. The molecule has 1 aromatic rings. The third-order valence-corrected chi connectivity index (χ3v) is 2.94. The van der Waals surface area contributed by atoms with E-state index in [-0.39, 0.29) is 11.7 Å². The quantitative estimate of drug-likeness (QED) is 0.776. The normalized spacial score (nSPS) is 12.4. The van der Waals surface area contributed by atoms with Crippen molar-refractivity contribution in [3.63, 3.8) is 0 Å². The van der Waals surface area contributed by atoms with Crippen molar-refractivity contribution in [2.45, 2.75) is 31.4 Å². The maximum absolute atomic E-state index is 11.8. The van der Waals surface area contributed by atoms with Gasteiger partial charge in [0.2, 0.25) is 0 Å². The van der Waals surface area contributed by atoms with Crippen LogP contribution in [0.4, 0.5) is 0 Å². The molecule has 0 aliphatic rings. The van der Waals surface area contributed by atoms with Gasteiger partial charge in [-0.05, 0) is 30.7 Å². The predicted molar refractivity (Wildman–Crippen MR) is 68.8 cm³/mol. The van der Waals surface area contributed by atoms with Crippen molar-refractivity contribution in [2.75, 3.05) is 6.26 Å². The lowest BCUT2D eigenvalue weighted by Gasteiger charge is -2.15. The topological polar surface area (TPSA) is 79.5 Å². The van der Waals surface area contributed by atoms with Crippen molar-refractivity contribution in [1.82, 2.24) is 5.32 Å². The van der Waals surface area contributed by atoms with Crippen LogP contribution in [0.25, 0.3) is 0 Å². The molecular weight excluding hydrogens is 254 g/mol. The van der Waals surface area contributed by atoms with E-state index in [0.717, 1.165) is 0 Å². The molecule has 1 aromatic heterocycles. The maximum atomic E-state index is 11.8. The summed E-state index contributed by atoms with van der Waals surface area (Å²) in [6, 6.07) is 2.33. The SMILES string of the molecule is CSc1ccc(C(=O)N[C@H](CC(C)C)C(=O)O)o1. The Bertz CT molecular complexity index is 427. The first-order chi connectivity index (χ1) is 8.43. The molecule has 0 aliphatic heterocycles. The van der Waals surface area contributed by atoms with Gasteiger partial charge < -0.3 is 14.8 Å². The molecule has 0 unspecified atom stereocenters. The number of furan rings is 1. The first kappa shape index (κ1) is 14.6. The molecule has 0 fully saturated rings. The molecular formula is C12H17NO4S. The lowest BCUT2D eigenvalue weighted by Crippen LogP contribution is -2.41. The van der Waals surface area contributed by atoms with Crippen molar-refractivity contribution >= 4 is 23.6 Å². The number of carboxylic acid groups (broad SMARTS) is 1. The zero-order valence-electron chi connectivity index (χ0n) is 10.6. The minimum atomic E-state index is -1.03. The molecule has 5 nitrogen and oxygen atoms in total. The molecule has 0 saturated heterocycles. The van der Waals surface area contributed by atoms with Gasteiger partial charge in [-0.3, -0.25) is 4.79 Å². The summed E-state index contributed by atoms with van der Waals surface area (Å²) in [7, 11) is 0. The average Bonchev–Trinajstić information content (AvgIpc) is 2.75. The summed E-state index contributed by atoms with van der Waals surface area (Å²) in [5.74, 6) is -1.21. The zero-order valence-corrected chi connectivity index (χ0v) is 11.4. The summed E-state index contributed by atoms with van der Waals surface area (Å²) in [5, 5.41) is 12.1. The van der Waals surface area contributed by atoms with Crippen LogP contribution >= 0.6 is 11.8 Å². The fourth-order valence-electron chi connectivity index (χ4n) is 1.47. The van der Waals surface area contributed by atoms with Gasteiger partial charge in [-0.2, -0.15) is 0 Å². The van der Waals surface area contributed by atoms with Crippen molar-refractivity contribution in [1.29, 1.82) is 0 Å². The molecule has 0 bridgehead atoms. The molecule has 0 aromatic carbocycles. The molecule has 2 N–H and O–H groups in total. The van der Waals surface area contributed by atoms with E-state index in [1.165, 1.54) is 17.8 Å². The third-order valence-electron chi connectivity index (χ3n) is 2.32. The second-order valence-electron chi connectivity index (χ2n) is 4.32. The minimum absolute atomic E-state index is 0.134. The Morgan fingerprint density at radius 1 is 1.44 bits per heavy atom. The molecule has 18 heavy (non-hydrogen) atoms. The summed E-state index contributed by atoms with van der Waals surface area (Å²) in [6.07, 6.45) is 2.22. The summed E-state index contributed by atoms with van der Waals surface area (Å²) < 4.78 is 5.24. The molecule has 0 saturated carbocycles. The third kappa shape index (κ3) is 4.10. The summed E-state index contributed by atoms with van der Waals surface area (Å²) in [4.78, 5) is 22.8. The van der Waals surface area contributed by atoms with Gasteiger partial charge in [0.25, 0.3) is 5.91 Å². The largest absolute Gasteiger partial charge is 0.480 e. The van der Waals surface area contributed by atoms with E-state index < -0.39 is 17.9 Å². The number of nitrogens with one attached hydrogen (secondary N) is 1. The number of carbonyl (C=O) groups excluding carboxylic acids is 1. The second kappa shape index (κ2) is 6.49. The van der Waals surface area contributed by atoms with E-state index in [1.807, 2.05) is 20.1 Å². The van der Waals surface area contributed by atoms with Crippen LogP contribution in [0, 0.1) is 5.92 Å². The van der Waals surface area contributed by atoms with E-state index in [9.17, 15) is 9.59 Å². The Hall–Kier alpha value is -1.43. The van der Waals surface area contributed by atoms with Gasteiger partial charge in [0.15, 0.2) is 10.9 Å². The Kier molecular flexibility index (Phi) is 5.27. The number of rotatable bonds is 6. The fraction of sp³-hybridized carbons (Fsp3) is 0.500. The highest BCUT2D eigenvalue weighted by Gasteiger charge is 2.23. The van der Waals surface area contributed by atoms with Crippen molar-refractivity contribution in [2.24, 2.45) is 5.92 Å². The minimum Gasteiger partial charge on any atom is -0.480 e. The highest BCUT2D eigenvalue weighted by Crippen LogP contribution is 2.18. The van der Waals surface area contributed by atoms with Gasteiger partial charge in [-0.1, -0.05) is 25.6 Å². The number of carboxylic acids is 1. The molecule has 6 heteroatoms. The number of hydrogen-bond donors (Lipinski definition) is 2. The van der Waals surface area contributed by atoms with Gasteiger partial charge in [0.05, 0.1) is 0 Å². The molecule has 0 spiro atoms. The highest BCUT2D eigenvalue weighted by atomic mass is 32.2. The van der Waals surface area contributed by atoms with E-state index in [1.54, 1.807) is 6.07 Å². The maximum Gasteiger partial charge on any atom is 0.326 e. The van der Waals surface area contributed by atoms with Crippen LogP contribution in [0.15, 0.2) is 21.6 Å². The average molecular weight is 271 g/mol. The van der Waals surface area contributed by atoms with Crippen LogP contribution in [-0.2, 0) is 4.79 Å². The molecule has 1 rings (SSSR count). The number of hydrogen-bond acceptors (Lipinski definition) is 4. The van der Waals surface area contributed by atoms with Gasteiger partial charge >= 0.3 is 5.97 Å². The van der Waals surface area contributed by atoms with Crippen LogP contribution in [0.5, 0.6) is 0 Å². The Balaban J connectivity index is 2.69. The summed E-state index contributed by atoms with van der Waals surface area (Å²) in [5.41, 5.74) is 0. The van der Waals surface area contributed by atoms with E-state index in [2.05, 4.69) is 5.32 Å². The van der Waals surface area contributed by atoms with E-state index in [0.29, 0.717) is 11.5 Å². The van der Waals surface area contributed by atoms with Crippen LogP contribution in [0.2, 0.25) is 0 Å². The number of thioether (sulfide) groups is 1. The Labute approximate surface area is 110 Å². The van der Waals surface area contributed by atoms with Gasteiger partial charge in [0.1, 0.15) is 6.04 Å². The smallest absolute Gasteiger partial charge is 0.326 e. The van der Waals surface area contributed by atoms with Crippen LogP contribution in [0.1, 0.15) is 30.8 Å². The number of aliphatic carboxylic acids is 1. The Morgan fingerprint density at radius 2 is 2.11 bits per heavy atom. The van der Waals surface area contributed by atoms with Crippen LogP contribution in [-0.4, -0.2) is 29.3 Å². The monoisotopic (exact) mass is 271 g/mol. The van der Waals surface area contributed by atoms with Crippen molar-refractivity contribution < 1.29 is 19.1 Å². The van der Waals surface area contributed by atoms with E-state index in [4.69, 9.17) is 9.52 Å². The standard InChI is InChI=1S/C12H17NO4S/c1-7(2)6-8(12(15)16)13-11(14)9-4-5-10(17-9)18-3/h4-5,7-8H,6H2,1-3H3,(H,13,14)(H,15,16)/t8-/m1/s1. The molecule has 0 radical (unpaired) electrons. The lowest BCUT2D eigenvalue weighted by molar-refractivity contribution is -0.139. The molecule has 1 heterocycles. The molecule has 0 aliphatic carbocycles. The first-order valence-electron chi connectivity index (χ1n) is 5.61. The molecule has 1 amide bonds. The van der Waals surface area contributed by atoms with Crippen LogP contribution < -0.4 is 5.32 Å².